The molecule has 0 aliphatic carbocycles. The Labute approximate surface area is 98.2 Å². The zero-order valence-corrected chi connectivity index (χ0v) is 9.96. The van der Waals surface area contributed by atoms with Crippen LogP contribution in [0.3, 0.4) is 0 Å². The van der Waals surface area contributed by atoms with Gasteiger partial charge in [0.1, 0.15) is 4.93 Å². The number of carboxylic acids is 2. The van der Waals surface area contributed by atoms with Gasteiger partial charge < -0.3 is 14.9 Å². The van der Waals surface area contributed by atoms with E-state index < -0.39 is 16.9 Å². The first-order valence-corrected chi connectivity index (χ1v) is 6.07. The van der Waals surface area contributed by atoms with Crippen molar-refractivity contribution in [2.24, 2.45) is 0 Å². The summed E-state index contributed by atoms with van der Waals surface area (Å²) in [4.78, 5) is 20.5. The van der Waals surface area contributed by atoms with Crippen LogP contribution >= 0.6 is 11.8 Å². The highest BCUT2D eigenvalue weighted by Crippen LogP contribution is 2.44. The number of aliphatic carboxylic acids is 2. The van der Waals surface area contributed by atoms with E-state index in [0.717, 1.165) is 0 Å². The molecule has 0 aromatic rings. The van der Waals surface area contributed by atoms with Gasteiger partial charge in [0.05, 0.1) is 6.61 Å². The predicted octanol–water partition coefficient (Wildman–Crippen LogP) is 1.56. The Hall–Kier alpha value is -0.750. The lowest BCUT2D eigenvalue weighted by Crippen LogP contribution is -2.26. The molecule has 92 valence electrons. The van der Waals surface area contributed by atoms with Crippen molar-refractivity contribution in [3.63, 3.8) is 0 Å². The Morgan fingerprint density at radius 2 is 1.81 bits per heavy atom. The van der Waals surface area contributed by atoms with E-state index in [9.17, 15) is 9.59 Å². The fraction of sp³-hybridized carbons (Fsp3) is 0.800. The van der Waals surface area contributed by atoms with E-state index >= 15 is 0 Å². The zero-order chi connectivity index (χ0) is 12.2. The number of hydrogen-bond acceptors (Lipinski definition) is 4. The number of thioether (sulfide) groups is 1. The number of carbonyl (C=O) groups is 2. The second-order valence-corrected chi connectivity index (χ2v) is 5.72. The number of carboxylic acid groups (broad SMARTS) is 2. The van der Waals surface area contributed by atoms with Crippen molar-refractivity contribution < 1.29 is 24.5 Å². The summed E-state index contributed by atoms with van der Waals surface area (Å²) < 4.78 is 5.59. The molecule has 1 aliphatic heterocycles. The van der Waals surface area contributed by atoms with Crippen molar-refractivity contribution in [2.75, 3.05) is 6.61 Å². The number of ether oxygens (including phenoxy) is 1. The lowest BCUT2D eigenvalue weighted by atomic mass is 10.1. The Balaban J connectivity index is 2.54. The molecule has 2 N–H and O–H groups in total. The summed E-state index contributed by atoms with van der Waals surface area (Å²) in [6.07, 6.45) is 0.758. The van der Waals surface area contributed by atoms with Gasteiger partial charge in [0, 0.05) is 18.1 Å². The predicted molar refractivity (Wildman–Crippen MR) is 59.5 cm³/mol. The van der Waals surface area contributed by atoms with Crippen molar-refractivity contribution >= 4 is 23.7 Å². The van der Waals surface area contributed by atoms with Crippen molar-refractivity contribution in [3.05, 3.63) is 0 Å². The molecule has 0 bridgehead atoms. The van der Waals surface area contributed by atoms with Crippen LogP contribution in [0.1, 0.15) is 32.6 Å². The second kappa shape index (κ2) is 5.54. The molecule has 0 radical (unpaired) electrons. The van der Waals surface area contributed by atoms with Gasteiger partial charge in [0.25, 0.3) is 0 Å². The summed E-state index contributed by atoms with van der Waals surface area (Å²) in [6.45, 7) is 2.55. The van der Waals surface area contributed by atoms with Crippen LogP contribution in [-0.4, -0.2) is 38.9 Å². The van der Waals surface area contributed by atoms with Crippen LogP contribution in [-0.2, 0) is 14.3 Å². The SMILES string of the molecule is CC1COC(CCC(=O)O)(CCC(=O)O)S1. The highest BCUT2D eigenvalue weighted by molar-refractivity contribution is 8.01. The van der Waals surface area contributed by atoms with Crippen molar-refractivity contribution in [1.29, 1.82) is 0 Å². The van der Waals surface area contributed by atoms with E-state index in [1.54, 1.807) is 11.8 Å². The van der Waals surface area contributed by atoms with Gasteiger partial charge in [-0.2, -0.15) is 0 Å². The van der Waals surface area contributed by atoms with E-state index in [2.05, 4.69) is 0 Å². The van der Waals surface area contributed by atoms with Crippen molar-refractivity contribution in [3.8, 4) is 0 Å². The highest BCUT2D eigenvalue weighted by atomic mass is 32.2. The van der Waals surface area contributed by atoms with E-state index in [4.69, 9.17) is 14.9 Å². The summed E-state index contributed by atoms with van der Waals surface area (Å²) >= 11 is 1.55. The van der Waals surface area contributed by atoms with Crippen molar-refractivity contribution in [1.82, 2.24) is 0 Å². The van der Waals surface area contributed by atoms with Gasteiger partial charge in [-0.3, -0.25) is 9.59 Å². The van der Waals surface area contributed by atoms with Crippen LogP contribution in [0.25, 0.3) is 0 Å². The van der Waals surface area contributed by atoms with Crippen LogP contribution in [0.5, 0.6) is 0 Å². The first-order valence-electron chi connectivity index (χ1n) is 5.19. The molecule has 1 unspecified atom stereocenters. The fourth-order valence-corrected chi connectivity index (χ4v) is 3.13. The molecular weight excluding hydrogens is 232 g/mol. The Bertz CT molecular complexity index is 260. The minimum absolute atomic E-state index is 0.0132. The molecule has 5 nitrogen and oxygen atoms in total. The summed E-state index contributed by atoms with van der Waals surface area (Å²) in [7, 11) is 0. The maximum absolute atomic E-state index is 10.5. The van der Waals surface area contributed by atoms with Crippen LogP contribution < -0.4 is 0 Å². The third-order valence-electron chi connectivity index (χ3n) is 2.44. The lowest BCUT2D eigenvalue weighted by Gasteiger charge is -2.26. The summed E-state index contributed by atoms with van der Waals surface area (Å²) in [5.74, 6) is -1.75. The smallest absolute Gasteiger partial charge is 0.303 e. The molecule has 0 aromatic heterocycles. The van der Waals surface area contributed by atoms with Crippen LogP contribution in [0, 0.1) is 0 Å². The monoisotopic (exact) mass is 248 g/mol. The van der Waals surface area contributed by atoms with E-state index in [-0.39, 0.29) is 12.8 Å². The molecule has 1 saturated heterocycles. The number of rotatable bonds is 6. The third-order valence-corrected chi connectivity index (χ3v) is 3.93. The first-order chi connectivity index (χ1) is 7.43. The highest BCUT2D eigenvalue weighted by Gasteiger charge is 2.39. The molecule has 1 fully saturated rings. The van der Waals surface area contributed by atoms with Gasteiger partial charge in [-0.15, -0.1) is 11.8 Å². The maximum Gasteiger partial charge on any atom is 0.303 e. The van der Waals surface area contributed by atoms with Gasteiger partial charge in [0.2, 0.25) is 0 Å². The molecule has 1 aliphatic rings. The molecule has 0 amide bonds. The summed E-state index contributed by atoms with van der Waals surface area (Å²) in [5, 5.41) is 17.6. The Kier molecular flexibility index (Phi) is 4.61. The van der Waals surface area contributed by atoms with Gasteiger partial charge >= 0.3 is 11.9 Å². The molecule has 0 saturated carbocycles. The fourth-order valence-electron chi connectivity index (χ4n) is 1.69. The largest absolute Gasteiger partial charge is 0.481 e. The van der Waals surface area contributed by atoms with E-state index in [1.165, 1.54) is 0 Å². The Morgan fingerprint density at radius 1 is 1.31 bits per heavy atom. The zero-order valence-electron chi connectivity index (χ0n) is 9.14. The van der Waals surface area contributed by atoms with E-state index in [1.807, 2.05) is 6.92 Å². The molecule has 1 atom stereocenters. The molecule has 0 aromatic carbocycles. The molecule has 1 rings (SSSR count). The van der Waals surface area contributed by atoms with Crippen molar-refractivity contribution in [2.45, 2.75) is 42.8 Å². The standard InChI is InChI=1S/C10H16O5S/c1-7-6-15-10(16-7,4-2-8(11)12)5-3-9(13)14/h7H,2-6H2,1H3,(H,11,12)(H,13,14). The second-order valence-electron chi connectivity index (χ2n) is 3.94. The average Bonchev–Trinajstić information content (AvgIpc) is 2.55. The summed E-state index contributed by atoms with van der Waals surface area (Å²) in [5.41, 5.74) is 0. The molecule has 1 heterocycles. The average molecular weight is 248 g/mol. The van der Waals surface area contributed by atoms with Crippen LogP contribution in [0.15, 0.2) is 0 Å². The Morgan fingerprint density at radius 3 is 2.12 bits per heavy atom. The molecule has 0 spiro atoms. The maximum atomic E-state index is 10.5. The minimum atomic E-state index is -0.876. The first kappa shape index (κ1) is 13.3. The quantitative estimate of drug-likeness (QED) is 0.742. The van der Waals surface area contributed by atoms with Gasteiger partial charge in [-0.25, -0.2) is 0 Å². The normalized spacial score (nSPS) is 23.2. The molecule has 16 heavy (non-hydrogen) atoms. The topological polar surface area (TPSA) is 83.8 Å². The van der Waals surface area contributed by atoms with E-state index in [0.29, 0.717) is 24.7 Å². The molecular formula is C10H16O5S. The van der Waals surface area contributed by atoms with Gasteiger partial charge in [-0.1, -0.05) is 6.92 Å². The minimum Gasteiger partial charge on any atom is -0.481 e. The van der Waals surface area contributed by atoms with Gasteiger partial charge in [0.15, 0.2) is 0 Å². The van der Waals surface area contributed by atoms with Crippen LogP contribution in [0.4, 0.5) is 0 Å². The summed E-state index contributed by atoms with van der Waals surface area (Å²) in [6, 6.07) is 0. The van der Waals surface area contributed by atoms with Gasteiger partial charge in [-0.05, 0) is 12.8 Å². The third kappa shape index (κ3) is 4.02. The van der Waals surface area contributed by atoms with Crippen LogP contribution in [0.2, 0.25) is 0 Å². The lowest BCUT2D eigenvalue weighted by molar-refractivity contribution is -0.138. The number of hydrogen-bond donors (Lipinski definition) is 2. The molecule has 6 heteroatoms.